The summed E-state index contributed by atoms with van der Waals surface area (Å²) in [6, 6.07) is 5.40. The summed E-state index contributed by atoms with van der Waals surface area (Å²) in [4.78, 5) is 22.7. The summed E-state index contributed by atoms with van der Waals surface area (Å²) in [6.07, 6.45) is 3.07. The van der Waals surface area contributed by atoms with E-state index in [1.165, 1.54) is 6.08 Å². The molecule has 2 atom stereocenters. The number of amides is 1. The Bertz CT molecular complexity index is 580. The van der Waals surface area contributed by atoms with Gasteiger partial charge in [-0.15, -0.1) is 0 Å². The van der Waals surface area contributed by atoms with Gasteiger partial charge in [0.1, 0.15) is 6.10 Å². The van der Waals surface area contributed by atoms with Gasteiger partial charge in [-0.2, -0.15) is 0 Å². The average Bonchev–Trinajstić information content (AvgIpc) is 2.85. The zero-order chi connectivity index (χ0) is 15.4. The molecule has 2 N–H and O–H groups in total. The van der Waals surface area contributed by atoms with Crippen molar-refractivity contribution in [1.82, 2.24) is 0 Å². The Morgan fingerprint density at radius 3 is 2.81 bits per heavy atom. The van der Waals surface area contributed by atoms with Crippen LogP contribution in [-0.4, -0.2) is 29.7 Å². The minimum absolute atomic E-state index is 0.156. The molecule has 1 fully saturated rings. The Kier molecular flexibility index (Phi) is 4.75. The van der Waals surface area contributed by atoms with Crippen molar-refractivity contribution in [2.75, 3.05) is 11.9 Å². The van der Waals surface area contributed by atoms with E-state index >= 15 is 0 Å². The topological polar surface area (TPSA) is 75.6 Å². The second-order valence-corrected chi connectivity index (χ2v) is 5.29. The summed E-state index contributed by atoms with van der Waals surface area (Å²) in [5.41, 5.74) is 2.34. The van der Waals surface area contributed by atoms with Gasteiger partial charge in [-0.25, -0.2) is 4.79 Å². The lowest BCUT2D eigenvalue weighted by Gasteiger charge is -2.15. The first-order valence-electron chi connectivity index (χ1n) is 6.91. The number of anilines is 1. The monoisotopic (exact) mass is 289 g/mol. The molecule has 2 rings (SSSR count). The van der Waals surface area contributed by atoms with Crippen molar-refractivity contribution in [2.45, 2.75) is 26.4 Å². The Labute approximate surface area is 123 Å². The molecule has 1 heterocycles. The lowest BCUT2D eigenvalue weighted by Crippen LogP contribution is -2.31. The number of carboxylic acids is 1. The number of carboxylic acid groups (broad SMARTS) is 1. The minimum atomic E-state index is -1.00. The zero-order valence-electron chi connectivity index (χ0n) is 12.1. The number of rotatable bonds is 4. The van der Waals surface area contributed by atoms with E-state index in [4.69, 9.17) is 9.84 Å². The number of aliphatic carboxylic acids is 1. The van der Waals surface area contributed by atoms with Crippen molar-refractivity contribution < 1.29 is 19.4 Å². The van der Waals surface area contributed by atoms with Crippen LogP contribution in [0, 0.1) is 12.8 Å². The molecule has 1 amide bonds. The summed E-state index contributed by atoms with van der Waals surface area (Å²) >= 11 is 0. The molecule has 1 aliphatic rings. The van der Waals surface area contributed by atoms with Crippen molar-refractivity contribution in [2.24, 2.45) is 5.92 Å². The largest absolute Gasteiger partial charge is 0.478 e. The van der Waals surface area contributed by atoms with E-state index in [0.29, 0.717) is 12.3 Å². The van der Waals surface area contributed by atoms with Gasteiger partial charge in [0.2, 0.25) is 0 Å². The molecule has 0 spiro atoms. The molecule has 0 aromatic heterocycles. The van der Waals surface area contributed by atoms with Crippen molar-refractivity contribution >= 4 is 23.6 Å². The number of hydrogen-bond donors (Lipinski definition) is 2. The van der Waals surface area contributed by atoms with Crippen LogP contribution in [0.1, 0.15) is 24.5 Å². The molecule has 5 heteroatoms. The molecule has 0 radical (unpaired) electrons. The number of carbonyl (C=O) groups excluding carboxylic acids is 1. The second kappa shape index (κ2) is 6.54. The van der Waals surface area contributed by atoms with Gasteiger partial charge in [0.05, 0.1) is 0 Å². The van der Waals surface area contributed by atoms with E-state index in [9.17, 15) is 9.59 Å². The predicted molar refractivity (Wildman–Crippen MR) is 80.0 cm³/mol. The molecule has 0 aliphatic carbocycles. The lowest BCUT2D eigenvalue weighted by atomic mass is 10.0. The molecule has 21 heavy (non-hydrogen) atoms. The standard InChI is InChI=1S/C16H19NO4/c1-10-3-5-13(9-12(10)4-6-14(18)19)17-16(20)15-11(2)7-8-21-15/h3-6,9,11,15H,7-8H2,1-2H3,(H,17,20)(H,18,19)/b6-4+. The fourth-order valence-electron chi connectivity index (χ4n) is 2.30. The van der Waals surface area contributed by atoms with E-state index in [-0.39, 0.29) is 11.8 Å². The third-order valence-corrected chi connectivity index (χ3v) is 3.60. The van der Waals surface area contributed by atoms with Gasteiger partial charge in [-0.3, -0.25) is 4.79 Å². The van der Waals surface area contributed by atoms with Gasteiger partial charge in [-0.05, 0) is 48.6 Å². The molecule has 1 aliphatic heterocycles. The van der Waals surface area contributed by atoms with Crippen LogP contribution in [0.15, 0.2) is 24.3 Å². The summed E-state index contributed by atoms with van der Waals surface area (Å²) in [5.74, 6) is -0.948. The fraction of sp³-hybridized carbons (Fsp3) is 0.375. The highest BCUT2D eigenvalue weighted by molar-refractivity contribution is 5.95. The quantitative estimate of drug-likeness (QED) is 0.835. The summed E-state index contributed by atoms with van der Waals surface area (Å²) in [7, 11) is 0. The number of ether oxygens (including phenoxy) is 1. The van der Waals surface area contributed by atoms with Gasteiger partial charge < -0.3 is 15.2 Å². The van der Waals surface area contributed by atoms with Gasteiger partial charge in [-0.1, -0.05) is 13.0 Å². The number of hydrogen-bond acceptors (Lipinski definition) is 3. The highest BCUT2D eigenvalue weighted by Crippen LogP contribution is 2.22. The van der Waals surface area contributed by atoms with Crippen LogP contribution < -0.4 is 5.32 Å². The molecule has 112 valence electrons. The van der Waals surface area contributed by atoms with Crippen LogP contribution in [0.4, 0.5) is 5.69 Å². The van der Waals surface area contributed by atoms with E-state index < -0.39 is 12.1 Å². The van der Waals surface area contributed by atoms with Crippen LogP contribution in [-0.2, 0) is 14.3 Å². The molecule has 1 aromatic carbocycles. The maximum Gasteiger partial charge on any atom is 0.328 e. The zero-order valence-corrected chi connectivity index (χ0v) is 12.1. The van der Waals surface area contributed by atoms with Gasteiger partial charge >= 0.3 is 5.97 Å². The number of aryl methyl sites for hydroxylation is 1. The summed E-state index contributed by atoms with van der Waals surface area (Å²) < 4.78 is 5.43. The Balaban J connectivity index is 2.11. The molecular formula is C16H19NO4. The first kappa shape index (κ1) is 15.3. The number of carbonyl (C=O) groups is 2. The predicted octanol–water partition coefficient (Wildman–Crippen LogP) is 2.46. The SMILES string of the molecule is Cc1ccc(NC(=O)C2OCCC2C)cc1/C=C/C(=O)O. The van der Waals surface area contributed by atoms with E-state index in [1.807, 2.05) is 19.9 Å². The molecule has 1 saturated heterocycles. The van der Waals surface area contributed by atoms with Crippen LogP contribution in [0.5, 0.6) is 0 Å². The molecular weight excluding hydrogens is 270 g/mol. The molecule has 0 bridgehead atoms. The van der Waals surface area contributed by atoms with Crippen molar-refractivity contribution in [1.29, 1.82) is 0 Å². The van der Waals surface area contributed by atoms with Gasteiger partial charge in [0.25, 0.3) is 5.91 Å². The Hall–Kier alpha value is -2.14. The Morgan fingerprint density at radius 1 is 1.43 bits per heavy atom. The number of nitrogens with one attached hydrogen (secondary N) is 1. The lowest BCUT2D eigenvalue weighted by molar-refractivity contribution is -0.131. The average molecular weight is 289 g/mol. The van der Waals surface area contributed by atoms with Crippen LogP contribution >= 0.6 is 0 Å². The molecule has 2 unspecified atom stereocenters. The van der Waals surface area contributed by atoms with E-state index in [0.717, 1.165) is 23.6 Å². The second-order valence-electron chi connectivity index (χ2n) is 5.29. The third-order valence-electron chi connectivity index (χ3n) is 3.60. The first-order valence-corrected chi connectivity index (χ1v) is 6.91. The van der Waals surface area contributed by atoms with E-state index in [2.05, 4.69) is 5.32 Å². The fourth-order valence-corrected chi connectivity index (χ4v) is 2.30. The van der Waals surface area contributed by atoms with Gasteiger partial charge in [0, 0.05) is 18.4 Å². The summed E-state index contributed by atoms with van der Waals surface area (Å²) in [5, 5.41) is 11.5. The smallest absolute Gasteiger partial charge is 0.328 e. The van der Waals surface area contributed by atoms with Gasteiger partial charge in [0.15, 0.2) is 0 Å². The third kappa shape index (κ3) is 3.92. The molecule has 0 saturated carbocycles. The van der Waals surface area contributed by atoms with Crippen LogP contribution in [0.3, 0.4) is 0 Å². The van der Waals surface area contributed by atoms with Crippen LogP contribution in [0.25, 0.3) is 6.08 Å². The normalized spacial score (nSPS) is 21.6. The first-order chi connectivity index (χ1) is 9.97. The molecule has 5 nitrogen and oxygen atoms in total. The molecule has 1 aromatic rings. The maximum absolute atomic E-state index is 12.1. The maximum atomic E-state index is 12.1. The number of benzene rings is 1. The van der Waals surface area contributed by atoms with Crippen molar-refractivity contribution in [3.05, 3.63) is 35.4 Å². The highest BCUT2D eigenvalue weighted by atomic mass is 16.5. The van der Waals surface area contributed by atoms with Crippen LogP contribution in [0.2, 0.25) is 0 Å². The highest BCUT2D eigenvalue weighted by Gasteiger charge is 2.30. The Morgan fingerprint density at radius 2 is 2.19 bits per heavy atom. The van der Waals surface area contributed by atoms with Crippen molar-refractivity contribution in [3.63, 3.8) is 0 Å². The van der Waals surface area contributed by atoms with Crippen molar-refractivity contribution in [3.8, 4) is 0 Å². The summed E-state index contributed by atoms with van der Waals surface area (Å²) in [6.45, 7) is 4.49. The van der Waals surface area contributed by atoms with E-state index in [1.54, 1.807) is 12.1 Å². The minimum Gasteiger partial charge on any atom is -0.478 e.